The third-order valence-electron chi connectivity index (χ3n) is 5.14. The summed E-state index contributed by atoms with van der Waals surface area (Å²) in [5, 5.41) is 7.54. The minimum Gasteiger partial charge on any atom is -0.446 e. The van der Waals surface area contributed by atoms with Gasteiger partial charge in [-0.3, -0.25) is 4.98 Å². The molecule has 1 aliphatic carbocycles. The Morgan fingerprint density at radius 1 is 1.12 bits per heavy atom. The van der Waals surface area contributed by atoms with Gasteiger partial charge < -0.3 is 20.6 Å². The number of nitrogens with zero attached hydrogens (tertiary/aromatic N) is 6. The molecule has 11 heteroatoms. The first-order valence-corrected chi connectivity index (χ1v) is 11.2. The Kier molecular flexibility index (Phi) is 7.51. The zero-order valence-corrected chi connectivity index (χ0v) is 20.4. The fraction of sp³-hybridized carbons (Fsp3) is 0.381. The summed E-state index contributed by atoms with van der Waals surface area (Å²) in [5.74, 6) is 1.81. The topological polar surface area (TPSA) is 103 Å². The maximum Gasteiger partial charge on any atom is 0.157 e. The van der Waals surface area contributed by atoms with Crippen LogP contribution in [0.15, 0.2) is 30.9 Å². The third-order valence-corrected chi connectivity index (χ3v) is 6.16. The maximum absolute atomic E-state index is 13.8. The van der Waals surface area contributed by atoms with Crippen LogP contribution in [-0.2, 0) is 39.5 Å². The average molecular weight is 630 g/mol. The Labute approximate surface area is 202 Å². The van der Waals surface area contributed by atoms with Crippen molar-refractivity contribution in [3.63, 3.8) is 0 Å². The molecule has 5 rings (SSSR count). The molecule has 0 aliphatic heterocycles. The van der Waals surface area contributed by atoms with E-state index in [-0.39, 0.29) is 32.5 Å². The second-order valence-electron chi connectivity index (χ2n) is 7.50. The maximum atomic E-state index is 13.8. The molecule has 2 N–H and O–H groups in total. The molecule has 0 bridgehead atoms. The molecular weight excluding hydrogens is 608 g/mol. The molecule has 1 fully saturated rings. The van der Waals surface area contributed by atoms with E-state index in [1.54, 1.807) is 23.6 Å². The van der Waals surface area contributed by atoms with E-state index in [1.165, 1.54) is 25.2 Å². The summed E-state index contributed by atoms with van der Waals surface area (Å²) in [5.41, 5.74) is 2.20. The Morgan fingerprint density at radius 2 is 2.00 bits per heavy atom. The summed E-state index contributed by atoms with van der Waals surface area (Å²) in [7, 11) is 0. The summed E-state index contributed by atoms with van der Waals surface area (Å²) < 4.78 is 13.8. The van der Waals surface area contributed by atoms with Gasteiger partial charge in [-0.1, -0.05) is 29.1 Å². The van der Waals surface area contributed by atoms with Gasteiger partial charge in [-0.2, -0.15) is 0 Å². The van der Waals surface area contributed by atoms with E-state index in [9.17, 15) is 4.39 Å². The fourth-order valence-corrected chi connectivity index (χ4v) is 4.22. The summed E-state index contributed by atoms with van der Waals surface area (Å²) in [6.45, 7) is 1.88. The Bertz CT molecular complexity index is 1180. The standard InChI is InChI=1S/C21H22FN8S.Ir/c22-14-2-1-7-24-16(14)11-26-20-19-21(28-12-27-20)31-18(30-19)6-9-23-8-5-17-25-10-15(29-17)13-3-4-13;/h1-2,7,10,12-13,23H,3-6,8-9,11H2,(H-,25,26,27,28,29);/q-1;. The Hall–Kier alpha value is -2.33. The van der Waals surface area contributed by atoms with E-state index < -0.39 is 0 Å². The number of pyridine rings is 1. The van der Waals surface area contributed by atoms with Crippen molar-refractivity contribution in [3.8, 4) is 0 Å². The van der Waals surface area contributed by atoms with Gasteiger partial charge in [0.15, 0.2) is 5.82 Å². The average Bonchev–Trinajstić information content (AvgIpc) is 3.37. The summed E-state index contributed by atoms with van der Waals surface area (Å²) in [4.78, 5) is 27.1. The summed E-state index contributed by atoms with van der Waals surface area (Å²) in [6.07, 6.45) is 9.11. The van der Waals surface area contributed by atoms with Gasteiger partial charge in [-0.05, 0) is 43.9 Å². The summed E-state index contributed by atoms with van der Waals surface area (Å²) >= 11 is 1.55. The molecule has 32 heavy (non-hydrogen) atoms. The van der Waals surface area contributed by atoms with Gasteiger partial charge in [-0.15, -0.1) is 0 Å². The van der Waals surface area contributed by atoms with E-state index in [1.807, 2.05) is 6.20 Å². The molecule has 1 radical (unpaired) electrons. The van der Waals surface area contributed by atoms with Crippen molar-refractivity contribution in [3.05, 3.63) is 58.9 Å². The van der Waals surface area contributed by atoms with Crippen molar-refractivity contribution < 1.29 is 24.5 Å². The first-order chi connectivity index (χ1) is 15.3. The minimum absolute atomic E-state index is 0. The van der Waals surface area contributed by atoms with Gasteiger partial charge >= 0.3 is 0 Å². The number of rotatable bonds is 10. The van der Waals surface area contributed by atoms with Crippen LogP contribution in [-0.4, -0.2) is 38.0 Å². The predicted molar refractivity (Wildman–Crippen MR) is 117 cm³/mol. The van der Waals surface area contributed by atoms with Gasteiger partial charge in [0.2, 0.25) is 0 Å². The van der Waals surface area contributed by atoms with Gasteiger partial charge in [0, 0.05) is 39.3 Å². The molecule has 0 unspecified atom stereocenters. The molecule has 0 spiro atoms. The van der Waals surface area contributed by atoms with Crippen LogP contribution >= 0.6 is 11.3 Å². The van der Waals surface area contributed by atoms with E-state index in [0.717, 1.165) is 47.3 Å². The molecule has 0 atom stereocenters. The monoisotopic (exact) mass is 630 g/mol. The molecular formula is C21H22FIrN8S-. The third kappa shape index (κ3) is 5.53. The molecule has 0 saturated heterocycles. The molecule has 169 valence electrons. The minimum atomic E-state index is -0.346. The molecule has 1 aliphatic rings. The Morgan fingerprint density at radius 3 is 2.84 bits per heavy atom. The van der Waals surface area contributed by atoms with Crippen molar-refractivity contribution in [1.29, 1.82) is 0 Å². The van der Waals surface area contributed by atoms with Crippen LogP contribution in [0.25, 0.3) is 10.3 Å². The van der Waals surface area contributed by atoms with Gasteiger partial charge in [0.05, 0.1) is 17.2 Å². The van der Waals surface area contributed by atoms with Crippen molar-refractivity contribution >= 4 is 27.5 Å². The van der Waals surface area contributed by atoms with E-state index in [0.29, 0.717) is 22.9 Å². The zero-order valence-electron chi connectivity index (χ0n) is 17.2. The number of imidazole rings is 1. The largest absolute Gasteiger partial charge is 0.446 e. The molecule has 4 aromatic heterocycles. The van der Waals surface area contributed by atoms with Crippen LogP contribution in [0.4, 0.5) is 10.2 Å². The predicted octanol–water partition coefficient (Wildman–Crippen LogP) is 2.83. The number of nitrogens with one attached hydrogen (secondary N) is 2. The van der Waals surface area contributed by atoms with Crippen molar-refractivity contribution in [1.82, 2.24) is 35.2 Å². The van der Waals surface area contributed by atoms with Crippen molar-refractivity contribution in [2.24, 2.45) is 0 Å². The second kappa shape index (κ2) is 10.5. The van der Waals surface area contributed by atoms with Crippen LogP contribution < -0.4 is 15.6 Å². The van der Waals surface area contributed by atoms with Crippen LogP contribution in [0.1, 0.15) is 41.0 Å². The van der Waals surface area contributed by atoms with E-state index in [4.69, 9.17) is 0 Å². The molecule has 4 heterocycles. The number of fused-ring (bicyclic) bond motifs is 1. The number of anilines is 1. The first kappa shape index (κ1) is 22.8. The van der Waals surface area contributed by atoms with Crippen LogP contribution in [0.3, 0.4) is 0 Å². The molecule has 0 aromatic carbocycles. The second-order valence-corrected chi connectivity index (χ2v) is 8.57. The van der Waals surface area contributed by atoms with Gasteiger partial charge in [0.1, 0.15) is 22.5 Å². The van der Waals surface area contributed by atoms with Crippen molar-refractivity contribution in [2.75, 3.05) is 18.4 Å². The number of hydrogen-bond acceptors (Lipinski definition) is 8. The normalized spacial score (nSPS) is 13.3. The number of halogens is 1. The summed E-state index contributed by atoms with van der Waals surface area (Å²) in [6, 6.07) is 2.96. The smallest absolute Gasteiger partial charge is 0.157 e. The molecule has 8 nitrogen and oxygen atoms in total. The van der Waals surface area contributed by atoms with E-state index >= 15 is 0 Å². The van der Waals surface area contributed by atoms with Crippen LogP contribution in [0.5, 0.6) is 0 Å². The molecule has 1 saturated carbocycles. The quantitative estimate of drug-likeness (QED) is 0.259. The van der Waals surface area contributed by atoms with E-state index in [2.05, 4.69) is 40.5 Å². The van der Waals surface area contributed by atoms with Gasteiger partial charge in [-0.25, -0.2) is 19.3 Å². The zero-order chi connectivity index (χ0) is 21.0. The van der Waals surface area contributed by atoms with Crippen molar-refractivity contribution in [2.45, 2.75) is 38.1 Å². The molecule has 0 amide bonds. The van der Waals surface area contributed by atoms with Crippen LogP contribution in [0, 0.1) is 5.82 Å². The number of aromatic nitrogens is 6. The first-order valence-electron chi connectivity index (χ1n) is 10.4. The van der Waals surface area contributed by atoms with Gasteiger partial charge in [0.25, 0.3) is 0 Å². The SMILES string of the molecule is Fc1cccnc1CNc1ncnc2sc(CCNCCc3ncc(C4CC4)[n-]3)nc12.[Ir]. The molecule has 4 aromatic rings. The fourth-order valence-electron chi connectivity index (χ4n) is 3.31. The number of hydrogen-bond donors (Lipinski definition) is 2. The van der Waals surface area contributed by atoms with Crippen LogP contribution in [0.2, 0.25) is 0 Å². The number of thiazole rings is 1. The Balaban J connectivity index is 0.00000245.